The maximum atomic E-state index is 6.46. The fraction of sp³-hybridized carbons (Fsp3) is 0.438. The Bertz CT molecular complexity index is 569. The Kier molecular flexibility index (Phi) is 3.42. The molecule has 0 bridgehead atoms. The standard InChI is InChI=1S/C16H20N2S/c1-10-11(2)19-15(18-10)9-13-8-7-12-5-3-4-6-14(12)16(13)17/h3-6,13,16H,7-9,17H2,1-2H3. The van der Waals surface area contributed by atoms with Crippen molar-refractivity contribution in [2.45, 2.75) is 39.2 Å². The van der Waals surface area contributed by atoms with Gasteiger partial charge in [0.15, 0.2) is 0 Å². The zero-order valence-electron chi connectivity index (χ0n) is 11.5. The first kappa shape index (κ1) is 12.8. The summed E-state index contributed by atoms with van der Waals surface area (Å²) < 4.78 is 0. The highest BCUT2D eigenvalue weighted by atomic mass is 32.1. The molecule has 0 saturated carbocycles. The highest BCUT2D eigenvalue weighted by molar-refractivity contribution is 7.11. The number of hydrogen-bond acceptors (Lipinski definition) is 3. The Hall–Kier alpha value is -1.19. The second kappa shape index (κ2) is 5.06. The Balaban J connectivity index is 1.80. The predicted octanol–water partition coefficient (Wildman–Crippen LogP) is 3.56. The average molecular weight is 272 g/mol. The molecule has 100 valence electrons. The molecule has 19 heavy (non-hydrogen) atoms. The lowest BCUT2D eigenvalue weighted by Crippen LogP contribution is -2.28. The van der Waals surface area contributed by atoms with E-state index in [9.17, 15) is 0 Å². The van der Waals surface area contributed by atoms with Crippen LogP contribution in [0.3, 0.4) is 0 Å². The molecule has 0 radical (unpaired) electrons. The number of nitrogens with zero attached hydrogens (tertiary/aromatic N) is 1. The Labute approximate surface area is 118 Å². The van der Waals surface area contributed by atoms with E-state index in [1.54, 1.807) is 0 Å². The molecular weight excluding hydrogens is 252 g/mol. The van der Waals surface area contributed by atoms with Crippen LogP contribution < -0.4 is 5.73 Å². The van der Waals surface area contributed by atoms with Crippen LogP contribution in [0.15, 0.2) is 24.3 Å². The van der Waals surface area contributed by atoms with Gasteiger partial charge in [-0.1, -0.05) is 24.3 Å². The summed E-state index contributed by atoms with van der Waals surface area (Å²) in [5.41, 5.74) is 10.4. The Morgan fingerprint density at radius 2 is 2.11 bits per heavy atom. The van der Waals surface area contributed by atoms with Gasteiger partial charge in [0, 0.05) is 17.3 Å². The summed E-state index contributed by atoms with van der Waals surface area (Å²) in [5, 5.41) is 1.25. The van der Waals surface area contributed by atoms with Crippen molar-refractivity contribution in [1.82, 2.24) is 4.98 Å². The average Bonchev–Trinajstić information content (AvgIpc) is 2.72. The third-order valence-electron chi connectivity index (χ3n) is 4.22. The quantitative estimate of drug-likeness (QED) is 0.907. The molecule has 0 aliphatic heterocycles. The largest absolute Gasteiger partial charge is 0.324 e. The minimum atomic E-state index is 0.162. The van der Waals surface area contributed by atoms with E-state index >= 15 is 0 Å². The van der Waals surface area contributed by atoms with Crippen molar-refractivity contribution >= 4 is 11.3 Å². The molecule has 1 heterocycles. The van der Waals surface area contributed by atoms with Crippen LogP contribution in [0.5, 0.6) is 0 Å². The van der Waals surface area contributed by atoms with Gasteiger partial charge in [-0.05, 0) is 43.7 Å². The number of thiazole rings is 1. The predicted molar refractivity (Wildman–Crippen MR) is 80.5 cm³/mol. The molecular formula is C16H20N2S. The minimum Gasteiger partial charge on any atom is -0.324 e. The normalized spacial score (nSPS) is 22.3. The molecule has 2 N–H and O–H groups in total. The Morgan fingerprint density at radius 3 is 2.84 bits per heavy atom. The van der Waals surface area contributed by atoms with Gasteiger partial charge in [0.2, 0.25) is 0 Å². The summed E-state index contributed by atoms with van der Waals surface area (Å²) in [6, 6.07) is 8.76. The first-order valence-electron chi connectivity index (χ1n) is 6.91. The van der Waals surface area contributed by atoms with E-state index < -0.39 is 0 Å². The van der Waals surface area contributed by atoms with Crippen molar-refractivity contribution in [2.24, 2.45) is 11.7 Å². The Morgan fingerprint density at radius 1 is 1.32 bits per heavy atom. The maximum Gasteiger partial charge on any atom is 0.0934 e. The van der Waals surface area contributed by atoms with Crippen molar-refractivity contribution in [1.29, 1.82) is 0 Å². The highest BCUT2D eigenvalue weighted by Crippen LogP contribution is 2.35. The molecule has 0 fully saturated rings. The van der Waals surface area contributed by atoms with Gasteiger partial charge in [-0.2, -0.15) is 0 Å². The summed E-state index contributed by atoms with van der Waals surface area (Å²) >= 11 is 1.82. The van der Waals surface area contributed by atoms with Crippen LogP contribution in [0.4, 0.5) is 0 Å². The zero-order chi connectivity index (χ0) is 13.4. The number of benzene rings is 1. The lowest BCUT2D eigenvalue weighted by molar-refractivity contribution is 0.376. The number of aromatic nitrogens is 1. The van der Waals surface area contributed by atoms with Crippen LogP contribution in [0.2, 0.25) is 0 Å². The van der Waals surface area contributed by atoms with Gasteiger partial charge in [-0.25, -0.2) is 4.98 Å². The highest BCUT2D eigenvalue weighted by Gasteiger charge is 2.27. The SMILES string of the molecule is Cc1nc(CC2CCc3ccccc3C2N)sc1C. The van der Waals surface area contributed by atoms with Crippen LogP contribution in [0, 0.1) is 19.8 Å². The number of fused-ring (bicyclic) bond motifs is 1. The number of aryl methyl sites for hydroxylation is 3. The molecule has 2 aromatic rings. The molecule has 2 nitrogen and oxygen atoms in total. The van der Waals surface area contributed by atoms with Crippen molar-refractivity contribution in [3.05, 3.63) is 51.0 Å². The van der Waals surface area contributed by atoms with Crippen LogP contribution in [-0.2, 0) is 12.8 Å². The topological polar surface area (TPSA) is 38.9 Å². The van der Waals surface area contributed by atoms with E-state index in [1.807, 2.05) is 11.3 Å². The van der Waals surface area contributed by atoms with E-state index in [0.29, 0.717) is 5.92 Å². The van der Waals surface area contributed by atoms with Crippen LogP contribution in [0.1, 0.15) is 39.2 Å². The van der Waals surface area contributed by atoms with Gasteiger partial charge in [-0.3, -0.25) is 0 Å². The molecule has 0 saturated heterocycles. The molecule has 1 aliphatic rings. The van der Waals surface area contributed by atoms with Gasteiger partial charge < -0.3 is 5.73 Å². The number of rotatable bonds is 2. The lowest BCUT2D eigenvalue weighted by atomic mass is 9.79. The maximum absolute atomic E-state index is 6.46. The van der Waals surface area contributed by atoms with Crippen LogP contribution >= 0.6 is 11.3 Å². The van der Waals surface area contributed by atoms with Crippen molar-refractivity contribution < 1.29 is 0 Å². The lowest BCUT2D eigenvalue weighted by Gasteiger charge is -2.30. The van der Waals surface area contributed by atoms with Gasteiger partial charge in [0.25, 0.3) is 0 Å². The summed E-state index contributed by atoms with van der Waals surface area (Å²) in [6.45, 7) is 4.23. The molecule has 2 unspecified atom stereocenters. The smallest absolute Gasteiger partial charge is 0.0934 e. The van der Waals surface area contributed by atoms with Gasteiger partial charge in [0.05, 0.1) is 10.7 Å². The zero-order valence-corrected chi connectivity index (χ0v) is 12.3. The third-order valence-corrected chi connectivity index (χ3v) is 5.31. The van der Waals surface area contributed by atoms with E-state index in [1.165, 1.54) is 33.1 Å². The fourth-order valence-electron chi connectivity index (χ4n) is 2.94. The van der Waals surface area contributed by atoms with Crippen molar-refractivity contribution in [3.63, 3.8) is 0 Å². The number of hydrogen-bond donors (Lipinski definition) is 1. The first-order chi connectivity index (χ1) is 9.15. The van der Waals surface area contributed by atoms with Gasteiger partial charge >= 0.3 is 0 Å². The molecule has 0 amide bonds. The second-order valence-electron chi connectivity index (χ2n) is 5.48. The molecule has 0 spiro atoms. The summed E-state index contributed by atoms with van der Waals surface area (Å²) in [4.78, 5) is 5.99. The minimum absolute atomic E-state index is 0.162. The van der Waals surface area contributed by atoms with E-state index in [0.717, 1.165) is 12.8 Å². The monoisotopic (exact) mass is 272 g/mol. The van der Waals surface area contributed by atoms with Crippen LogP contribution in [0.25, 0.3) is 0 Å². The van der Waals surface area contributed by atoms with E-state index in [4.69, 9.17) is 5.73 Å². The summed E-state index contributed by atoms with van der Waals surface area (Å²) in [5.74, 6) is 0.528. The first-order valence-corrected chi connectivity index (χ1v) is 7.73. The number of nitrogens with two attached hydrogens (primary N) is 1. The third kappa shape index (κ3) is 2.45. The summed E-state index contributed by atoms with van der Waals surface area (Å²) in [6.07, 6.45) is 3.35. The fourth-order valence-corrected chi connectivity index (χ4v) is 3.97. The summed E-state index contributed by atoms with van der Waals surface area (Å²) in [7, 11) is 0. The van der Waals surface area contributed by atoms with E-state index in [2.05, 4.69) is 43.1 Å². The molecule has 1 aliphatic carbocycles. The molecule has 1 aromatic heterocycles. The molecule has 3 rings (SSSR count). The van der Waals surface area contributed by atoms with Crippen LogP contribution in [-0.4, -0.2) is 4.98 Å². The van der Waals surface area contributed by atoms with Crippen molar-refractivity contribution in [2.75, 3.05) is 0 Å². The molecule has 3 heteroatoms. The van der Waals surface area contributed by atoms with Crippen molar-refractivity contribution in [3.8, 4) is 0 Å². The molecule has 1 aromatic carbocycles. The second-order valence-corrected chi connectivity index (χ2v) is 6.76. The van der Waals surface area contributed by atoms with Gasteiger partial charge in [0.1, 0.15) is 0 Å². The van der Waals surface area contributed by atoms with E-state index in [-0.39, 0.29) is 6.04 Å². The van der Waals surface area contributed by atoms with Gasteiger partial charge in [-0.15, -0.1) is 11.3 Å². The molecule has 2 atom stereocenters.